The van der Waals surface area contributed by atoms with Crippen molar-refractivity contribution in [2.24, 2.45) is 5.10 Å². The van der Waals surface area contributed by atoms with Crippen LogP contribution in [-0.4, -0.2) is 26.2 Å². The van der Waals surface area contributed by atoms with Crippen molar-refractivity contribution >= 4 is 44.5 Å². The van der Waals surface area contributed by atoms with Gasteiger partial charge in [-0.25, -0.2) is 9.99 Å². The predicted molar refractivity (Wildman–Crippen MR) is 117 cm³/mol. The van der Waals surface area contributed by atoms with Crippen molar-refractivity contribution < 1.29 is 9.21 Å². The van der Waals surface area contributed by atoms with Crippen LogP contribution in [0.2, 0.25) is 0 Å². The van der Waals surface area contributed by atoms with Crippen molar-refractivity contribution in [1.29, 1.82) is 0 Å². The van der Waals surface area contributed by atoms with E-state index in [1.165, 1.54) is 27.2 Å². The molecule has 0 spiro atoms. The van der Waals surface area contributed by atoms with Crippen LogP contribution in [0.15, 0.2) is 62.6 Å². The summed E-state index contributed by atoms with van der Waals surface area (Å²) in [5, 5.41) is 8.57. The summed E-state index contributed by atoms with van der Waals surface area (Å²) in [6, 6.07) is 9.24. The predicted octanol–water partition coefficient (Wildman–Crippen LogP) is 4.05. The zero-order valence-corrected chi connectivity index (χ0v) is 17.8. The Morgan fingerprint density at radius 3 is 2.97 bits per heavy atom. The summed E-state index contributed by atoms with van der Waals surface area (Å²) < 4.78 is 6.84. The Kier molecular flexibility index (Phi) is 4.84. The van der Waals surface area contributed by atoms with E-state index in [0.29, 0.717) is 22.4 Å². The van der Waals surface area contributed by atoms with Crippen LogP contribution in [0, 0.1) is 0 Å². The second-order valence-corrected chi connectivity index (χ2v) is 9.05. The number of aryl methyl sites for hydroxylation is 1. The van der Waals surface area contributed by atoms with Crippen LogP contribution in [0.4, 0.5) is 0 Å². The Morgan fingerprint density at radius 2 is 2.23 bits per heavy atom. The SMILES string of the molecule is CCc1cc2c(=O)n(CC(=O)N3N=C(c4ccco4)C[C@@H]3c3cccs3)cnc2s1. The van der Waals surface area contributed by atoms with Gasteiger partial charge in [0, 0.05) is 16.2 Å². The second kappa shape index (κ2) is 7.66. The Bertz CT molecular complexity index is 1290. The molecule has 4 aromatic rings. The first-order valence-corrected chi connectivity index (χ1v) is 11.3. The number of furan rings is 1. The summed E-state index contributed by atoms with van der Waals surface area (Å²) >= 11 is 3.09. The monoisotopic (exact) mass is 438 g/mol. The zero-order valence-electron chi connectivity index (χ0n) is 16.1. The smallest absolute Gasteiger partial charge is 0.263 e. The van der Waals surface area contributed by atoms with Gasteiger partial charge < -0.3 is 4.42 Å². The van der Waals surface area contributed by atoms with E-state index in [0.717, 1.165) is 21.9 Å². The molecule has 9 heteroatoms. The number of amides is 1. The van der Waals surface area contributed by atoms with Gasteiger partial charge in [-0.05, 0) is 36.1 Å². The molecule has 4 aromatic heterocycles. The van der Waals surface area contributed by atoms with Crippen LogP contribution in [0.25, 0.3) is 10.2 Å². The lowest BCUT2D eigenvalue weighted by Gasteiger charge is -2.21. The molecule has 30 heavy (non-hydrogen) atoms. The molecule has 7 nitrogen and oxygen atoms in total. The first-order chi connectivity index (χ1) is 14.6. The minimum atomic E-state index is -0.260. The Morgan fingerprint density at radius 1 is 1.33 bits per heavy atom. The Balaban J connectivity index is 1.47. The number of hydrazone groups is 1. The van der Waals surface area contributed by atoms with E-state index in [4.69, 9.17) is 4.42 Å². The third kappa shape index (κ3) is 3.29. The first-order valence-electron chi connectivity index (χ1n) is 9.58. The van der Waals surface area contributed by atoms with Gasteiger partial charge in [0.15, 0.2) is 0 Å². The molecule has 0 fully saturated rings. The van der Waals surface area contributed by atoms with Gasteiger partial charge in [0.25, 0.3) is 11.5 Å². The number of carbonyl (C=O) groups is 1. The number of fused-ring (bicyclic) bond motifs is 1. The van der Waals surface area contributed by atoms with Crippen LogP contribution in [0.1, 0.15) is 34.9 Å². The number of aromatic nitrogens is 2. The van der Waals surface area contributed by atoms with Crippen molar-refractivity contribution in [3.05, 3.63) is 74.2 Å². The van der Waals surface area contributed by atoms with E-state index >= 15 is 0 Å². The number of hydrogen-bond donors (Lipinski definition) is 0. The molecule has 1 aliphatic heterocycles. The Hall–Kier alpha value is -3.04. The van der Waals surface area contributed by atoms with Gasteiger partial charge in [-0.15, -0.1) is 22.7 Å². The van der Waals surface area contributed by atoms with E-state index in [-0.39, 0.29) is 24.1 Å². The highest BCUT2D eigenvalue weighted by Gasteiger charge is 2.34. The zero-order chi connectivity index (χ0) is 20.7. The number of thiophene rings is 2. The molecule has 5 heterocycles. The lowest BCUT2D eigenvalue weighted by Crippen LogP contribution is -2.33. The fourth-order valence-corrected chi connectivity index (χ4v) is 5.29. The third-order valence-corrected chi connectivity index (χ3v) is 7.23. The summed E-state index contributed by atoms with van der Waals surface area (Å²) in [7, 11) is 0. The molecule has 0 N–H and O–H groups in total. The first kappa shape index (κ1) is 19.0. The number of nitrogens with zero attached hydrogens (tertiary/aromatic N) is 4. The minimum absolute atomic E-state index is 0.115. The molecular weight excluding hydrogens is 420 g/mol. The van der Waals surface area contributed by atoms with Gasteiger partial charge >= 0.3 is 0 Å². The van der Waals surface area contributed by atoms with Gasteiger partial charge in [-0.2, -0.15) is 5.10 Å². The molecule has 1 aliphatic rings. The molecule has 0 radical (unpaired) electrons. The summed E-state index contributed by atoms with van der Waals surface area (Å²) in [5.74, 6) is 0.390. The molecule has 1 atom stereocenters. The number of hydrogen-bond acceptors (Lipinski definition) is 7. The van der Waals surface area contributed by atoms with Crippen molar-refractivity contribution in [1.82, 2.24) is 14.6 Å². The maximum atomic E-state index is 13.2. The van der Waals surface area contributed by atoms with Crippen molar-refractivity contribution in [2.45, 2.75) is 32.4 Å². The van der Waals surface area contributed by atoms with Gasteiger partial charge in [0.1, 0.15) is 22.8 Å². The minimum Gasteiger partial charge on any atom is -0.463 e. The third-order valence-electron chi connectivity index (χ3n) is 5.07. The highest BCUT2D eigenvalue weighted by atomic mass is 32.1. The molecular formula is C21H18N4O3S2. The highest BCUT2D eigenvalue weighted by molar-refractivity contribution is 7.18. The number of rotatable bonds is 5. The van der Waals surface area contributed by atoms with Gasteiger partial charge in [0.2, 0.25) is 0 Å². The van der Waals surface area contributed by atoms with Gasteiger partial charge in [-0.1, -0.05) is 13.0 Å². The topological polar surface area (TPSA) is 80.7 Å². The van der Waals surface area contributed by atoms with Crippen LogP contribution in [0.3, 0.4) is 0 Å². The summed E-state index contributed by atoms with van der Waals surface area (Å²) in [6.07, 6.45) is 4.45. The lowest BCUT2D eigenvalue weighted by atomic mass is 10.1. The fourth-order valence-electron chi connectivity index (χ4n) is 3.55. The molecule has 5 rings (SSSR count). The van der Waals surface area contributed by atoms with Crippen molar-refractivity contribution in [3.8, 4) is 0 Å². The van der Waals surface area contributed by atoms with Crippen LogP contribution in [0.5, 0.6) is 0 Å². The van der Waals surface area contributed by atoms with Crippen LogP contribution < -0.4 is 5.56 Å². The molecule has 0 bridgehead atoms. The summed E-state index contributed by atoms with van der Waals surface area (Å²) in [4.78, 5) is 33.3. The average molecular weight is 439 g/mol. The van der Waals surface area contributed by atoms with Crippen LogP contribution in [-0.2, 0) is 17.8 Å². The molecule has 1 amide bonds. The molecule has 152 valence electrons. The van der Waals surface area contributed by atoms with E-state index in [2.05, 4.69) is 10.1 Å². The van der Waals surface area contributed by atoms with Gasteiger partial charge in [0.05, 0.1) is 24.0 Å². The maximum Gasteiger partial charge on any atom is 0.263 e. The summed E-state index contributed by atoms with van der Waals surface area (Å²) in [6.45, 7) is 1.93. The van der Waals surface area contributed by atoms with E-state index in [9.17, 15) is 9.59 Å². The molecule has 0 saturated heterocycles. The van der Waals surface area contributed by atoms with Crippen molar-refractivity contribution in [2.75, 3.05) is 0 Å². The quantitative estimate of drug-likeness (QED) is 0.471. The molecule has 0 saturated carbocycles. The highest BCUT2D eigenvalue weighted by Crippen LogP contribution is 2.35. The van der Waals surface area contributed by atoms with E-state index < -0.39 is 0 Å². The molecule has 0 aromatic carbocycles. The molecule has 0 aliphatic carbocycles. The number of carbonyl (C=O) groups excluding carboxylic acids is 1. The standard InChI is InChI=1S/C21H18N4O3S2/c1-2-13-9-14-20(30-13)22-12-24(21(14)27)11-19(26)25-16(18-6-4-8-29-18)10-15(23-25)17-5-3-7-28-17/h3-9,12,16H,2,10-11H2,1H3/t16-/m1/s1. The van der Waals surface area contributed by atoms with Crippen molar-refractivity contribution in [3.63, 3.8) is 0 Å². The summed E-state index contributed by atoms with van der Waals surface area (Å²) in [5.41, 5.74) is 0.518. The largest absolute Gasteiger partial charge is 0.463 e. The van der Waals surface area contributed by atoms with E-state index in [1.807, 2.05) is 36.6 Å². The Labute approximate surface area is 179 Å². The fraction of sp³-hybridized carbons (Fsp3) is 0.238. The van der Waals surface area contributed by atoms with Gasteiger partial charge in [-0.3, -0.25) is 14.2 Å². The maximum absolute atomic E-state index is 13.2. The lowest BCUT2D eigenvalue weighted by molar-refractivity contribution is -0.133. The normalized spacial score (nSPS) is 16.4. The molecule has 0 unspecified atom stereocenters. The second-order valence-electron chi connectivity index (χ2n) is 6.96. The van der Waals surface area contributed by atoms with E-state index in [1.54, 1.807) is 23.7 Å². The van der Waals surface area contributed by atoms with Crippen LogP contribution >= 0.6 is 22.7 Å². The average Bonchev–Trinajstić information content (AvgIpc) is 3.55.